The van der Waals surface area contributed by atoms with Gasteiger partial charge < -0.3 is 4.90 Å². The first-order chi connectivity index (χ1) is 38.1. The molecule has 0 N–H and O–H groups in total. The second-order valence-corrected chi connectivity index (χ2v) is 27.0. The highest BCUT2D eigenvalue weighted by Gasteiger charge is 2.49. The highest BCUT2D eigenvalue weighted by Crippen LogP contribution is 2.62. The maximum Gasteiger partial charge on any atom is 0.0714 e. The molecule has 0 saturated heterocycles. The molecule has 2 aliphatic rings. The highest BCUT2D eigenvalue weighted by molar-refractivity contribution is 5.99. The van der Waals surface area contributed by atoms with Crippen molar-refractivity contribution < 1.29 is 0 Å². The Kier molecular flexibility index (Phi) is 12.6. The van der Waals surface area contributed by atoms with Gasteiger partial charge in [0, 0.05) is 16.9 Å². The van der Waals surface area contributed by atoms with Gasteiger partial charge in [-0.2, -0.15) is 0 Å². The van der Waals surface area contributed by atoms with Crippen LogP contribution in [0, 0.1) is 6.92 Å². The molecule has 2 aliphatic carbocycles. The topological polar surface area (TPSA) is 3.24 Å². The van der Waals surface area contributed by atoms with Crippen LogP contribution in [-0.2, 0) is 32.5 Å². The summed E-state index contributed by atoms with van der Waals surface area (Å²) in [6.07, 6.45) is 0. The zero-order valence-corrected chi connectivity index (χ0v) is 49.4. The summed E-state index contributed by atoms with van der Waals surface area (Å²) in [5.74, 6) is 0. The van der Waals surface area contributed by atoms with Crippen molar-refractivity contribution in [2.45, 2.75) is 122 Å². The third-order valence-electron chi connectivity index (χ3n) is 17.9. The highest BCUT2D eigenvalue weighted by atomic mass is 15.1. The van der Waals surface area contributed by atoms with E-state index in [-0.39, 0.29) is 21.7 Å². The van der Waals surface area contributed by atoms with E-state index in [9.17, 15) is 0 Å². The maximum atomic E-state index is 2.60. The third-order valence-corrected chi connectivity index (χ3v) is 17.9. The van der Waals surface area contributed by atoms with Gasteiger partial charge in [0.05, 0.1) is 16.5 Å². The molecule has 0 fully saturated rings. The van der Waals surface area contributed by atoms with E-state index >= 15 is 0 Å². The van der Waals surface area contributed by atoms with E-state index in [1.54, 1.807) is 0 Å². The molecule has 1 heteroatoms. The van der Waals surface area contributed by atoms with Crippen LogP contribution in [0.1, 0.15) is 155 Å². The Balaban J connectivity index is 1.15. The minimum absolute atomic E-state index is 0.00909. The van der Waals surface area contributed by atoms with E-state index in [0.29, 0.717) is 0 Å². The first-order valence-electron chi connectivity index (χ1n) is 29.0. The largest absolute Gasteiger partial charge is 0.310 e. The molecule has 0 atom stereocenters. The fourth-order valence-corrected chi connectivity index (χ4v) is 13.6. The Morgan fingerprint density at radius 3 is 1.12 bits per heavy atom. The van der Waals surface area contributed by atoms with Crippen molar-refractivity contribution in [3.8, 4) is 33.4 Å². The van der Waals surface area contributed by atoms with E-state index in [2.05, 4.69) is 325 Å². The first-order valence-corrected chi connectivity index (χ1v) is 29.0. The van der Waals surface area contributed by atoms with Crippen LogP contribution in [0.25, 0.3) is 33.4 Å². The normalized spacial score (nSPS) is 14.3. The minimum atomic E-state index is -0.608. The summed E-state index contributed by atoms with van der Waals surface area (Å²) in [7, 11) is 0. The molecule has 0 aliphatic heterocycles. The van der Waals surface area contributed by atoms with E-state index in [4.69, 9.17) is 0 Å². The number of hydrogen-bond acceptors (Lipinski definition) is 1. The van der Waals surface area contributed by atoms with Gasteiger partial charge in [0.2, 0.25) is 0 Å². The average Bonchev–Trinajstić information content (AvgIpc) is 4.16. The van der Waals surface area contributed by atoms with Crippen LogP contribution >= 0.6 is 0 Å². The number of benzene rings is 10. The molecule has 10 aromatic carbocycles. The number of rotatable bonds is 8. The molecule has 0 saturated carbocycles. The molecule has 12 rings (SSSR count). The molecule has 0 heterocycles. The lowest BCUT2D eigenvalue weighted by atomic mass is 9.67. The average molecular weight is 1040 g/mol. The van der Waals surface area contributed by atoms with Crippen LogP contribution in [-0.4, -0.2) is 0 Å². The van der Waals surface area contributed by atoms with Gasteiger partial charge in [-0.15, -0.1) is 0 Å². The lowest BCUT2D eigenvalue weighted by Crippen LogP contribution is -2.29. The van der Waals surface area contributed by atoms with Crippen molar-refractivity contribution in [3.63, 3.8) is 0 Å². The van der Waals surface area contributed by atoms with Crippen molar-refractivity contribution in [2.75, 3.05) is 4.90 Å². The Morgan fingerprint density at radius 1 is 0.287 bits per heavy atom. The lowest BCUT2D eigenvalue weighted by molar-refractivity contribution is 0.588. The molecule has 0 radical (unpaired) electrons. The van der Waals surface area contributed by atoms with Crippen molar-refractivity contribution in [2.24, 2.45) is 0 Å². The Bertz CT molecular complexity index is 3820. The predicted octanol–water partition coefficient (Wildman–Crippen LogP) is 21.0. The molecule has 0 amide bonds. The van der Waals surface area contributed by atoms with Gasteiger partial charge in [-0.05, 0) is 153 Å². The van der Waals surface area contributed by atoms with E-state index < -0.39 is 10.8 Å². The summed E-state index contributed by atoms with van der Waals surface area (Å²) >= 11 is 0. The first kappa shape index (κ1) is 52.7. The molecule has 0 spiro atoms. The predicted molar refractivity (Wildman–Crippen MR) is 341 cm³/mol. The fraction of sp³-hybridized carbons (Fsp3) is 0.241. The zero-order chi connectivity index (χ0) is 56.1. The lowest BCUT2D eigenvalue weighted by Gasteiger charge is -2.36. The standard InChI is InChI=1S/C79H77N/c1-52-63(53-23-15-14-16-24-53)27-21-31-71(52)80(62-49-50-69-66(51-62)64-25-17-19-28-67(64)78(69,58-41-33-54(34-42-58)74(2,3)4)59-43-35-55(36-44-59)75(5,6)7)72-32-22-30-70-73(72)65-26-18-20-29-68(65)79(70,60-45-37-56(38-46-60)76(8,9)10)61-47-39-57(40-48-61)77(11,12)13/h14-51H,1-13H3. The molecule has 0 unspecified atom stereocenters. The Labute approximate surface area is 478 Å². The molecule has 0 aromatic heterocycles. The van der Waals surface area contributed by atoms with Gasteiger partial charge in [-0.1, -0.05) is 289 Å². The minimum Gasteiger partial charge on any atom is -0.310 e. The quantitative estimate of drug-likeness (QED) is 0.147. The van der Waals surface area contributed by atoms with Gasteiger partial charge in [0.1, 0.15) is 0 Å². The molecule has 10 aromatic rings. The van der Waals surface area contributed by atoms with Crippen molar-refractivity contribution in [1.29, 1.82) is 0 Å². The van der Waals surface area contributed by atoms with Crippen LogP contribution < -0.4 is 4.90 Å². The smallest absolute Gasteiger partial charge is 0.0714 e. The van der Waals surface area contributed by atoms with E-state index in [1.807, 2.05) is 0 Å². The SMILES string of the molecule is Cc1c(-c2ccccc2)cccc1N(c1ccc2c(c1)-c1ccccc1C2(c1ccc(C(C)(C)C)cc1)c1ccc(C(C)(C)C)cc1)c1cccc2c1-c1ccccc1C2(c1ccc(C(C)(C)C)cc1)c1ccc(C(C)(C)C)cc1. The van der Waals surface area contributed by atoms with Crippen LogP contribution in [0.2, 0.25) is 0 Å². The summed E-state index contributed by atoms with van der Waals surface area (Å²) in [6.45, 7) is 30.0. The molecule has 1 nitrogen and oxygen atoms in total. The monoisotopic (exact) mass is 1040 g/mol. The molecule has 0 bridgehead atoms. The van der Waals surface area contributed by atoms with Crippen molar-refractivity contribution in [3.05, 3.63) is 303 Å². The number of nitrogens with zero attached hydrogens (tertiary/aromatic N) is 1. The molecular formula is C79H77N. The second kappa shape index (κ2) is 19.1. The molecular weight excluding hydrogens is 963 g/mol. The zero-order valence-electron chi connectivity index (χ0n) is 49.4. The number of hydrogen-bond donors (Lipinski definition) is 0. The summed E-state index contributed by atoms with van der Waals surface area (Å²) in [5.41, 5.74) is 26.5. The van der Waals surface area contributed by atoms with E-state index in [0.717, 1.165) is 17.1 Å². The summed E-state index contributed by atoms with van der Waals surface area (Å²) in [6, 6.07) is 89.0. The van der Waals surface area contributed by atoms with Crippen LogP contribution in [0.15, 0.2) is 231 Å². The number of fused-ring (bicyclic) bond motifs is 6. The van der Waals surface area contributed by atoms with Gasteiger partial charge in [0.25, 0.3) is 0 Å². The van der Waals surface area contributed by atoms with Gasteiger partial charge in [-0.25, -0.2) is 0 Å². The van der Waals surface area contributed by atoms with Crippen LogP contribution in [0.5, 0.6) is 0 Å². The van der Waals surface area contributed by atoms with Crippen molar-refractivity contribution in [1.82, 2.24) is 0 Å². The van der Waals surface area contributed by atoms with E-state index in [1.165, 1.54) is 106 Å². The summed E-state index contributed by atoms with van der Waals surface area (Å²) in [5, 5.41) is 0. The van der Waals surface area contributed by atoms with Crippen LogP contribution in [0.4, 0.5) is 17.1 Å². The van der Waals surface area contributed by atoms with Gasteiger partial charge in [0.15, 0.2) is 0 Å². The molecule has 80 heavy (non-hydrogen) atoms. The summed E-state index contributed by atoms with van der Waals surface area (Å²) < 4.78 is 0. The number of anilines is 3. The van der Waals surface area contributed by atoms with Gasteiger partial charge in [-0.3, -0.25) is 0 Å². The summed E-state index contributed by atoms with van der Waals surface area (Å²) in [4.78, 5) is 2.60. The molecule has 398 valence electrons. The van der Waals surface area contributed by atoms with Gasteiger partial charge >= 0.3 is 0 Å². The van der Waals surface area contributed by atoms with Crippen molar-refractivity contribution >= 4 is 17.1 Å². The second-order valence-electron chi connectivity index (χ2n) is 27.0. The Hall–Kier alpha value is -8.00. The maximum absolute atomic E-state index is 2.60. The van der Waals surface area contributed by atoms with Crippen LogP contribution in [0.3, 0.4) is 0 Å². The third kappa shape index (κ3) is 8.42. The Morgan fingerprint density at radius 2 is 0.650 bits per heavy atom. The fourth-order valence-electron chi connectivity index (χ4n) is 13.6.